The van der Waals surface area contributed by atoms with E-state index in [1.165, 1.54) is 199 Å². The second-order valence-corrected chi connectivity index (χ2v) is 20.1. The Labute approximate surface area is 394 Å². The lowest BCUT2D eigenvalue weighted by molar-refractivity contribution is -0.161. The summed E-state index contributed by atoms with van der Waals surface area (Å²) in [5.74, 6) is -0.908. The quantitative estimate of drug-likeness (QED) is 0.0233. The third-order valence-electron chi connectivity index (χ3n) is 12.2. The molecule has 3 N–H and O–H groups in total. The number of ether oxygens (including phenoxy) is 2. The van der Waals surface area contributed by atoms with Crippen LogP contribution in [0.1, 0.15) is 277 Å². The molecule has 380 valence electrons. The van der Waals surface area contributed by atoms with Gasteiger partial charge in [0.2, 0.25) is 0 Å². The largest absolute Gasteiger partial charge is 0.472 e. The fraction of sp³-hybridized carbons (Fsp3) is 0.925. The van der Waals surface area contributed by atoms with E-state index >= 15 is 0 Å². The highest BCUT2D eigenvalue weighted by molar-refractivity contribution is 7.47. The Bertz CT molecular complexity index is 1070. The zero-order chi connectivity index (χ0) is 46.9. The lowest BCUT2D eigenvalue weighted by Crippen LogP contribution is -2.29. The number of hydrogen-bond acceptors (Lipinski definition) is 9. The van der Waals surface area contributed by atoms with Crippen LogP contribution in [0.5, 0.6) is 0 Å². The summed E-state index contributed by atoms with van der Waals surface area (Å²) in [6.07, 6.45) is 51.8. The molecule has 64 heavy (non-hydrogen) atoms. The van der Waals surface area contributed by atoms with Crippen molar-refractivity contribution in [2.75, 3.05) is 26.4 Å². The van der Waals surface area contributed by atoms with Gasteiger partial charge in [-0.15, -0.1) is 0 Å². The van der Waals surface area contributed by atoms with Gasteiger partial charge in [0.1, 0.15) is 12.7 Å². The minimum absolute atomic E-state index is 0.191. The highest BCUT2D eigenvalue weighted by Gasteiger charge is 2.27. The van der Waals surface area contributed by atoms with Gasteiger partial charge in [0.25, 0.3) is 0 Å². The number of carbonyl (C=O) groups excluding carboxylic acids is 2. The van der Waals surface area contributed by atoms with Crippen LogP contribution < -0.4 is 0 Å². The Hall–Kier alpha value is -1.29. The van der Waals surface area contributed by atoms with E-state index < -0.39 is 51.8 Å². The lowest BCUT2D eigenvalue weighted by atomic mass is 10.0. The summed E-state index contributed by atoms with van der Waals surface area (Å²) in [5.41, 5.74) is 0. The van der Waals surface area contributed by atoms with E-state index in [0.717, 1.165) is 38.5 Å². The third-order valence-corrected chi connectivity index (χ3v) is 13.1. The monoisotopic (exact) mass is 931 g/mol. The van der Waals surface area contributed by atoms with E-state index in [1.54, 1.807) is 0 Å². The fourth-order valence-electron chi connectivity index (χ4n) is 7.99. The Morgan fingerprint density at radius 2 is 0.766 bits per heavy atom. The standard InChI is InChI=1S/C53H103O10P/c1-3-5-7-9-11-13-15-17-19-21-23-24-25-27-29-31-33-35-37-39-41-43-45-53(57)63-51(49-62-64(58,59)61-47-50(55)46-54)48-60-52(56)44-42-40-38-36-34-32-30-28-26-22-20-18-16-14-12-10-8-6-4-2/h18,20,50-51,54-55H,3-17,19,21-49H2,1-2H3,(H,58,59)/b20-18+/t50-,51+/m0/s1. The molecule has 10 nitrogen and oxygen atoms in total. The summed E-state index contributed by atoms with van der Waals surface area (Å²) in [5, 5.41) is 18.4. The average molecular weight is 931 g/mol. The number of carbonyl (C=O) groups is 2. The van der Waals surface area contributed by atoms with Crippen LogP contribution in [0.15, 0.2) is 12.2 Å². The number of aliphatic hydroxyl groups excluding tert-OH is 2. The van der Waals surface area contributed by atoms with Crippen LogP contribution in [0.3, 0.4) is 0 Å². The molecule has 0 fully saturated rings. The number of esters is 2. The Morgan fingerprint density at radius 3 is 1.12 bits per heavy atom. The number of hydrogen-bond donors (Lipinski definition) is 3. The Morgan fingerprint density at radius 1 is 0.453 bits per heavy atom. The van der Waals surface area contributed by atoms with E-state index in [9.17, 15) is 24.2 Å². The van der Waals surface area contributed by atoms with Crippen molar-refractivity contribution < 1.29 is 47.8 Å². The summed E-state index contributed by atoms with van der Waals surface area (Å²) in [6.45, 7) is 2.44. The van der Waals surface area contributed by atoms with Crippen molar-refractivity contribution in [1.29, 1.82) is 0 Å². The molecule has 0 aliphatic heterocycles. The molecule has 0 aromatic rings. The van der Waals surface area contributed by atoms with E-state index in [1.807, 2.05) is 0 Å². The molecule has 0 saturated heterocycles. The molecule has 0 amide bonds. The van der Waals surface area contributed by atoms with Gasteiger partial charge in [0.15, 0.2) is 6.10 Å². The fourth-order valence-corrected chi connectivity index (χ4v) is 8.78. The molecule has 0 aliphatic rings. The first-order valence-corrected chi connectivity index (χ1v) is 28.6. The molecule has 0 saturated carbocycles. The highest BCUT2D eigenvalue weighted by atomic mass is 31.2. The van der Waals surface area contributed by atoms with Crippen molar-refractivity contribution in [3.8, 4) is 0 Å². The van der Waals surface area contributed by atoms with Gasteiger partial charge in [0.05, 0.1) is 19.8 Å². The smallest absolute Gasteiger partial charge is 0.462 e. The highest BCUT2D eigenvalue weighted by Crippen LogP contribution is 2.43. The molecule has 3 atom stereocenters. The van der Waals surface area contributed by atoms with Crippen LogP contribution in [-0.2, 0) is 32.7 Å². The molecule has 0 radical (unpaired) electrons. The first-order chi connectivity index (χ1) is 31.2. The molecule has 0 heterocycles. The summed E-state index contributed by atoms with van der Waals surface area (Å²) < 4.78 is 32.9. The maximum absolute atomic E-state index is 12.7. The molecular formula is C53H103O10P. The van der Waals surface area contributed by atoms with Crippen molar-refractivity contribution >= 4 is 19.8 Å². The summed E-state index contributed by atoms with van der Waals surface area (Å²) in [4.78, 5) is 35.2. The summed E-state index contributed by atoms with van der Waals surface area (Å²) in [7, 11) is -4.62. The molecule has 0 rings (SSSR count). The lowest BCUT2D eigenvalue weighted by Gasteiger charge is -2.20. The van der Waals surface area contributed by atoms with Crippen molar-refractivity contribution in [2.45, 2.75) is 289 Å². The van der Waals surface area contributed by atoms with Crippen LogP contribution in [-0.4, -0.2) is 65.7 Å². The number of phosphoric ester groups is 1. The number of phosphoric acid groups is 1. The molecule has 0 aliphatic carbocycles. The second-order valence-electron chi connectivity index (χ2n) is 18.6. The first kappa shape index (κ1) is 62.7. The Kier molecular flexibility index (Phi) is 48.6. The van der Waals surface area contributed by atoms with Gasteiger partial charge < -0.3 is 24.6 Å². The van der Waals surface area contributed by atoms with Crippen LogP contribution in [0.2, 0.25) is 0 Å². The molecule has 0 spiro atoms. The molecule has 0 bridgehead atoms. The van der Waals surface area contributed by atoms with Gasteiger partial charge in [-0.2, -0.15) is 0 Å². The summed E-state index contributed by atoms with van der Waals surface area (Å²) >= 11 is 0. The van der Waals surface area contributed by atoms with Crippen molar-refractivity contribution in [1.82, 2.24) is 0 Å². The zero-order valence-corrected chi connectivity index (χ0v) is 42.7. The van der Waals surface area contributed by atoms with E-state index in [-0.39, 0.29) is 19.4 Å². The maximum atomic E-state index is 12.7. The number of aliphatic hydroxyl groups is 2. The first-order valence-electron chi connectivity index (χ1n) is 27.1. The molecule has 1 unspecified atom stereocenters. The predicted molar refractivity (Wildman–Crippen MR) is 265 cm³/mol. The third kappa shape index (κ3) is 48.6. The normalized spacial score (nSPS) is 13.6. The number of rotatable bonds is 52. The predicted octanol–water partition coefficient (Wildman–Crippen LogP) is 15.5. The minimum Gasteiger partial charge on any atom is -0.462 e. The van der Waals surface area contributed by atoms with Gasteiger partial charge >= 0.3 is 19.8 Å². The van der Waals surface area contributed by atoms with E-state index in [0.29, 0.717) is 12.8 Å². The topological polar surface area (TPSA) is 149 Å². The van der Waals surface area contributed by atoms with Crippen molar-refractivity contribution in [2.24, 2.45) is 0 Å². The van der Waals surface area contributed by atoms with Crippen LogP contribution >= 0.6 is 7.82 Å². The van der Waals surface area contributed by atoms with E-state index in [4.69, 9.17) is 23.6 Å². The van der Waals surface area contributed by atoms with Gasteiger partial charge in [-0.3, -0.25) is 18.6 Å². The van der Waals surface area contributed by atoms with Crippen molar-refractivity contribution in [3.63, 3.8) is 0 Å². The molecule has 0 aromatic carbocycles. The van der Waals surface area contributed by atoms with Crippen LogP contribution in [0, 0.1) is 0 Å². The minimum atomic E-state index is -4.62. The van der Waals surface area contributed by atoms with Crippen LogP contribution in [0.4, 0.5) is 0 Å². The summed E-state index contributed by atoms with van der Waals surface area (Å²) in [6, 6.07) is 0. The molecule has 11 heteroatoms. The van der Waals surface area contributed by atoms with Crippen LogP contribution in [0.25, 0.3) is 0 Å². The van der Waals surface area contributed by atoms with Gasteiger partial charge in [-0.1, -0.05) is 238 Å². The second kappa shape index (κ2) is 49.6. The van der Waals surface area contributed by atoms with Gasteiger partial charge in [0, 0.05) is 12.8 Å². The zero-order valence-electron chi connectivity index (χ0n) is 41.8. The SMILES string of the molecule is CCCCCCCC/C=C/CCCCCCCCCCCC(=O)OC[C@H](COP(=O)(O)OC[C@@H](O)CO)OC(=O)CCCCCCCCCCCCCCCCCCCCCCCC. The Balaban J connectivity index is 4.10. The maximum Gasteiger partial charge on any atom is 0.472 e. The molecular weight excluding hydrogens is 828 g/mol. The van der Waals surface area contributed by atoms with E-state index in [2.05, 4.69) is 26.0 Å². The van der Waals surface area contributed by atoms with Gasteiger partial charge in [-0.25, -0.2) is 4.57 Å². The average Bonchev–Trinajstić information content (AvgIpc) is 3.28. The number of unbranched alkanes of at least 4 members (excludes halogenated alkanes) is 36. The van der Waals surface area contributed by atoms with Crippen molar-refractivity contribution in [3.05, 3.63) is 12.2 Å². The number of allylic oxidation sites excluding steroid dienone is 2. The molecule has 0 aromatic heterocycles. The van der Waals surface area contributed by atoms with Gasteiger partial charge in [-0.05, 0) is 38.5 Å².